The molecule has 2 aromatic rings. The van der Waals surface area contributed by atoms with E-state index in [1.807, 2.05) is 24.3 Å². The Labute approximate surface area is 165 Å². The quantitative estimate of drug-likeness (QED) is 0.833. The number of rotatable bonds is 3. The fraction of sp³-hybridized carbons (Fsp3) is 0.500. The molecular weight excluding hydrogens is 373 g/mol. The van der Waals surface area contributed by atoms with Gasteiger partial charge in [0.25, 0.3) is 5.91 Å². The van der Waals surface area contributed by atoms with Crippen molar-refractivity contribution in [2.24, 2.45) is 17.6 Å². The van der Waals surface area contributed by atoms with E-state index < -0.39 is 0 Å². The third-order valence-electron chi connectivity index (χ3n) is 5.47. The average molecular weight is 398 g/mol. The van der Waals surface area contributed by atoms with E-state index >= 15 is 0 Å². The first-order chi connectivity index (χ1) is 11.7. The minimum Gasteiger partial charge on any atom is -0.349 e. The predicted octanol–water partition coefficient (Wildman–Crippen LogP) is 2.75. The van der Waals surface area contributed by atoms with E-state index in [1.54, 1.807) is 11.0 Å². The lowest BCUT2D eigenvalue weighted by molar-refractivity contribution is 0.0756. The molecule has 2 aliphatic carbocycles. The van der Waals surface area contributed by atoms with Crippen LogP contribution in [0.3, 0.4) is 0 Å². The van der Waals surface area contributed by atoms with Crippen molar-refractivity contribution in [1.29, 1.82) is 0 Å². The highest BCUT2D eigenvalue weighted by Crippen LogP contribution is 2.39. The van der Waals surface area contributed by atoms with Crippen molar-refractivity contribution in [3.05, 3.63) is 42.5 Å². The van der Waals surface area contributed by atoms with Gasteiger partial charge >= 0.3 is 0 Å². The molecule has 142 valence electrons. The maximum atomic E-state index is 12.8. The van der Waals surface area contributed by atoms with E-state index in [0.29, 0.717) is 23.4 Å². The minimum absolute atomic E-state index is 0. The molecule has 26 heavy (non-hydrogen) atoms. The number of hydrogen-bond acceptors (Lipinski definition) is 4. The highest BCUT2D eigenvalue weighted by atomic mass is 35.5. The highest BCUT2D eigenvalue weighted by molar-refractivity contribution is 5.95. The molecule has 1 aromatic heterocycles. The Morgan fingerprint density at radius 1 is 1.19 bits per heavy atom. The van der Waals surface area contributed by atoms with Gasteiger partial charge < -0.3 is 11.1 Å². The number of nitrogens with zero attached hydrogens (tertiary/aromatic N) is 3. The van der Waals surface area contributed by atoms with Crippen LogP contribution in [-0.4, -0.2) is 32.8 Å². The first kappa shape index (κ1) is 20.7. The summed E-state index contributed by atoms with van der Waals surface area (Å²) in [4.78, 5) is 16.7. The molecule has 0 spiro atoms. The molecule has 4 rings (SSSR count). The van der Waals surface area contributed by atoms with Crippen LogP contribution in [0.1, 0.15) is 42.5 Å². The van der Waals surface area contributed by atoms with Crippen LogP contribution in [0, 0.1) is 11.8 Å². The standard InChI is InChI=1S/C18H23N5O.2ClH/c19-15-7-12-3-1-4-13(8-15)17(12)22-18(24)14-5-2-6-16(9-14)23-11-20-10-21-23;;/h2,5-6,9-13,15,17H,1,3-4,7-8,19H2,(H,22,24);2*1H. The van der Waals surface area contributed by atoms with Gasteiger partial charge in [-0.25, -0.2) is 9.67 Å². The molecule has 2 aliphatic rings. The summed E-state index contributed by atoms with van der Waals surface area (Å²) in [6.07, 6.45) is 8.78. The van der Waals surface area contributed by atoms with Gasteiger partial charge in [-0.3, -0.25) is 4.79 Å². The van der Waals surface area contributed by atoms with Crippen molar-refractivity contribution in [3.63, 3.8) is 0 Å². The van der Waals surface area contributed by atoms with Crippen LogP contribution < -0.4 is 11.1 Å². The van der Waals surface area contributed by atoms with Crippen LogP contribution in [0.2, 0.25) is 0 Å². The number of nitrogens with one attached hydrogen (secondary N) is 1. The van der Waals surface area contributed by atoms with E-state index in [1.165, 1.54) is 25.6 Å². The number of hydrogen-bond donors (Lipinski definition) is 2. The van der Waals surface area contributed by atoms with Gasteiger partial charge in [0.15, 0.2) is 0 Å². The number of halogens is 2. The van der Waals surface area contributed by atoms with Crippen LogP contribution in [0.15, 0.2) is 36.9 Å². The summed E-state index contributed by atoms with van der Waals surface area (Å²) in [7, 11) is 0. The second-order valence-corrected chi connectivity index (χ2v) is 7.07. The molecule has 1 heterocycles. The molecule has 1 amide bonds. The van der Waals surface area contributed by atoms with Gasteiger partial charge in [-0.1, -0.05) is 12.5 Å². The molecule has 3 N–H and O–H groups in total. The number of carbonyl (C=O) groups is 1. The lowest BCUT2D eigenvalue weighted by Gasteiger charge is -2.45. The van der Waals surface area contributed by atoms with Gasteiger partial charge in [0, 0.05) is 17.6 Å². The maximum absolute atomic E-state index is 12.8. The van der Waals surface area contributed by atoms with Gasteiger partial charge in [0.1, 0.15) is 12.7 Å². The zero-order valence-electron chi connectivity index (χ0n) is 14.5. The molecule has 0 aliphatic heterocycles. The van der Waals surface area contributed by atoms with Crippen LogP contribution >= 0.6 is 24.8 Å². The van der Waals surface area contributed by atoms with Gasteiger partial charge in [-0.15, -0.1) is 24.8 Å². The summed E-state index contributed by atoms with van der Waals surface area (Å²) in [5.74, 6) is 1.04. The Morgan fingerprint density at radius 3 is 2.58 bits per heavy atom. The molecule has 2 atom stereocenters. The van der Waals surface area contributed by atoms with Gasteiger partial charge in [-0.2, -0.15) is 5.10 Å². The largest absolute Gasteiger partial charge is 0.349 e. The summed E-state index contributed by atoms with van der Waals surface area (Å²) >= 11 is 0. The summed E-state index contributed by atoms with van der Waals surface area (Å²) < 4.78 is 1.66. The van der Waals surface area contributed by atoms with E-state index in [0.717, 1.165) is 18.5 Å². The van der Waals surface area contributed by atoms with E-state index in [4.69, 9.17) is 5.73 Å². The van der Waals surface area contributed by atoms with E-state index in [2.05, 4.69) is 15.4 Å². The second kappa shape index (κ2) is 8.84. The SMILES string of the molecule is Cl.Cl.NC1CC2CCCC(C1)C2NC(=O)c1cccc(-n2cncn2)c1. The smallest absolute Gasteiger partial charge is 0.251 e. The Bertz CT molecular complexity index is 710. The Hall–Kier alpha value is -1.63. The fourth-order valence-corrected chi connectivity index (χ4v) is 4.39. The van der Waals surface area contributed by atoms with Crippen molar-refractivity contribution >= 4 is 30.7 Å². The number of amides is 1. The molecule has 2 bridgehead atoms. The molecule has 2 fully saturated rings. The molecule has 0 radical (unpaired) electrons. The Kier molecular flexibility index (Phi) is 7.03. The molecule has 8 heteroatoms. The Morgan fingerprint density at radius 2 is 1.92 bits per heavy atom. The van der Waals surface area contributed by atoms with Gasteiger partial charge in [0.05, 0.1) is 5.69 Å². The monoisotopic (exact) mass is 397 g/mol. The minimum atomic E-state index is -0.00524. The van der Waals surface area contributed by atoms with Crippen molar-refractivity contribution in [2.75, 3.05) is 0 Å². The predicted molar refractivity (Wildman–Crippen MR) is 105 cm³/mol. The summed E-state index contributed by atoms with van der Waals surface area (Å²) in [5.41, 5.74) is 7.68. The molecule has 2 unspecified atom stereocenters. The van der Waals surface area contributed by atoms with E-state index in [-0.39, 0.29) is 36.8 Å². The second-order valence-electron chi connectivity index (χ2n) is 7.07. The Balaban J connectivity index is 0.00000121. The van der Waals surface area contributed by atoms with Crippen molar-refractivity contribution < 1.29 is 4.79 Å². The number of fused-ring (bicyclic) bond motifs is 2. The molecule has 0 saturated heterocycles. The van der Waals surface area contributed by atoms with Crippen molar-refractivity contribution in [2.45, 2.75) is 44.2 Å². The zero-order valence-corrected chi connectivity index (χ0v) is 16.1. The van der Waals surface area contributed by atoms with Gasteiger partial charge in [-0.05, 0) is 55.7 Å². The number of carbonyl (C=O) groups excluding carboxylic acids is 1. The van der Waals surface area contributed by atoms with Crippen LogP contribution in [-0.2, 0) is 0 Å². The van der Waals surface area contributed by atoms with Crippen molar-refractivity contribution in [3.8, 4) is 5.69 Å². The summed E-state index contributed by atoms with van der Waals surface area (Å²) in [6, 6.07) is 8.06. The zero-order chi connectivity index (χ0) is 16.5. The summed E-state index contributed by atoms with van der Waals surface area (Å²) in [6.45, 7) is 0. The lowest BCUT2D eigenvalue weighted by atomic mass is 9.67. The summed E-state index contributed by atoms with van der Waals surface area (Å²) in [5, 5.41) is 7.41. The molecule has 1 aromatic carbocycles. The third kappa shape index (κ3) is 4.19. The van der Waals surface area contributed by atoms with Crippen molar-refractivity contribution in [1.82, 2.24) is 20.1 Å². The van der Waals surface area contributed by atoms with Crippen LogP contribution in [0.25, 0.3) is 5.69 Å². The normalized spacial score (nSPS) is 27.0. The number of aromatic nitrogens is 3. The van der Waals surface area contributed by atoms with Crippen LogP contribution in [0.5, 0.6) is 0 Å². The molecule has 2 saturated carbocycles. The van der Waals surface area contributed by atoms with Crippen LogP contribution in [0.4, 0.5) is 0 Å². The number of benzene rings is 1. The van der Waals surface area contributed by atoms with Gasteiger partial charge in [0.2, 0.25) is 0 Å². The molecule has 6 nitrogen and oxygen atoms in total. The first-order valence-corrected chi connectivity index (χ1v) is 8.72. The first-order valence-electron chi connectivity index (χ1n) is 8.72. The fourth-order valence-electron chi connectivity index (χ4n) is 4.39. The van der Waals surface area contributed by atoms with E-state index in [9.17, 15) is 4.79 Å². The maximum Gasteiger partial charge on any atom is 0.251 e. The molecular formula is C18H25Cl2N5O. The lowest BCUT2D eigenvalue weighted by Crippen LogP contribution is -2.53. The topological polar surface area (TPSA) is 85.8 Å². The number of nitrogens with two attached hydrogens (primary N) is 1. The highest BCUT2D eigenvalue weighted by Gasteiger charge is 2.39. The average Bonchev–Trinajstić information content (AvgIpc) is 3.10. The third-order valence-corrected chi connectivity index (χ3v) is 5.47.